The van der Waals surface area contributed by atoms with Gasteiger partial charge < -0.3 is 10.1 Å². The Morgan fingerprint density at radius 3 is 2.71 bits per heavy atom. The van der Waals surface area contributed by atoms with E-state index in [1.54, 1.807) is 13.3 Å². The molecule has 5 nitrogen and oxygen atoms in total. The number of anilines is 1. The van der Waals surface area contributed by atoms with Crippen LogP contribution < -0.4 is 5.32 Å². The van der Waals surface area contributed by atoms with E-state index < -0.39 is 0 Å². The van der Waals surface area contributed by atoms with E-state index in [1.807, 2.05) is 23.7 Å². The highest BCUT2D eigenvalue weighted by Crippen LogP contribution is 2.16. The molecular weight excluding hydrogens is 264 g/mol. The minimum atomic E-state index is 0.643. The largest absolute Gasteiger partial charge is 0.380 e. The Hall–Kier alpha value is -2.40. The lowest BCUT2D eigenvalue weighted by molar-refractivity contribution is 0.185. The third-order valence-electron chi connectivity index (χ3n) is 3.31. The van der Waals surface area contributed by atoms with E-state index in [0.717, 1.165) is 23.6 Å². The summed E-state index contributed by atoms with van der Waals surface area (Å²) >= 11 is 0. The fourth-order valence-electron chi connectivity index (χ4n) is 2.29. The van der Waals surface area contributed by atoms with Crippen LogP contribution in [0.3, 0.4) is 0 Å². The third kappa shape index (κ3) is 3.03. The van der Waals surface area contributed by atoms with Gasteiger partial charge in [0.2, 0.25) is 0 Å². The maximum atomic E-state index is 5.11. The Morgan fingerprint density at radius 1 is 1.19 bits per heavy atom. The summed E-state index contributed by atoms with van der Waals surface area (Å²) in [4.78, 5) is 4.39. The number of benzene rings is 1. The van der Waals surface area contributed by atoms with Crippen molar-refractivity contribution in [2.24, 2.45) is 0 Å². The van der Waals surface area contributed by atoms with Gasteiger partial charge in [-0.3, -0.25) is 0 Å². The number of hydrogen-bond acceptors (Lipinski definition) is 4. The Bertz CT molecular complexity index is 734. The molecule has 21 heavy (non-hydrogen) atoms. The third-order valence-corrected chi connectivity index (χ3v) is 3.31. The van der Waals surface area contributed by atoms with Crippen LogP contribution >= 0.6 is 0 Å². The zero-order chi connectivity index (χ0) is 14.7. The summed E-state index contributed by atoms with van der Waals surface area (Å²) in [6.07, 6.45) is 3.61. The first-order valence-corrected chi connectivity index (χ1v) is 6.88. The highest BCUT2D eigenvalue weighted by molar-refractivity contribution is 5.67. The van der Waals surface area contributed by atoms with Crippen LogP contribution in [0.25, 0.3) is 5.52 Å². The lowest BCUT2D eigenvalue weighted by Gasteiger charge is -2.07. The minimum absolute atomic E-state index is 0.643. The second-order valence-corrected chi connectivity index (χ2v) is 4.99. The Kier molecular flexibility index (Phi) is 3.83. The number of nitrogens with zero attached hydrogens (tertiary/aromatic N) is 3. The fraction of sp³-hybridized carbons (Fsp3) is 0.250. The maximum Gasteiger partial charge on any atom is 0.152 e. The molecule has 0 saturated heterocycles. The average Bonchev–Trinajstić information content (AvgIpc) is 2.87. The monoisotopic (exact) mass is 282 g/mol. The Morgan fingerprint density at radius 2 is 1.95 bits per heavy atom. The van der Waals surface area contributed by atoms with Crippen molar-refractivity contribution in [2.75, 3.05) is 12.4 Å². The number of aryl methyl sites for hydroxylation is 1. The first kappa shape index (κ1) is 13.6. The van der Waals surface area contributed by atoms with E-state index >= 15 is 0 Å². The molecule has 2 aromatic heterocycles. The molecule has 0 saturated carbocycles. The average molecular weight is 282 g/mol. The van der Waals surface area contributed by atoms with E-state index in [9.17, 15) is 0 Å². The van der Waals surface area contributed by atoms with E-state index in [2.05, 4.69) is 39.7 Å². The molecule has 0 spiro atoms. The standard InChI is InChI=1S/C16H18N4O/c1-12-9-15-16(17-7-8-20(15)19-12)18-10-13-3-5-14(6-4-13)11-21-2/h3-9H,10-11H2,1-2H3,(H,17,18). The summed E-state index contributed by atoms with van der Waals surface area (Å²) < 4.78 is 6.95. The smallest absolute Gasteiger partial charge is 0.152 e. The molecule has 0 unspecified atom stereocenters. The summed E-state index contributed by atoms with van der Waals surface area (Å²) in [6, 6.07) is 10.4. The van der Waals surface area contributed by atoms with Gasteiger partial charge in [-0.25, -0.2) is 9.50 Å². The van der Waals surface area contributed by atoms with Gasteiger partial charge in [0.05, 0.1) is 12.3 Å². The van der Waals surface area contributed by atoms with Crippen LogP contribution in [0.2, 0.25) is 0 Å². The normalized spacial score (nSPS) is 11.0. The van der Waals surface area contributed by atoms with Crippen LogP contribution in [0, 0.1) is 6.92 Å². The van der Waals surface area contributed by atoms with E-state index in [1.165, 1.54) is 11.1 Å². The highest BCUT2D eigenvalue weighted by Gasteiger charge is 2.04. The fourth-order valence-corrected chi connectivity index (χ4v) is 2.29. The van der Waals surface area contributed by atoms with Crippen molar-refractivity contribution >= 4 is 11.3 Å². The zero-order valence-electron chi connectivity index (χ0n) is 12.2. The summed E-state index contributed by atoms with van der Waals surface area (Å²) in [6.45, 7) is 3.35. The summed E-state index contributed by atoms with van der Waals surface area (Å²) in [7, 11) is 1.70. The van der Waals surface area contributed by atoms with Crippen LogP contribution in [-0.4, -0.2) is 21.7 Å². The predicted molar refractivity (Wildman–Crippen MR) is 82.2 cm³/mol. The second kappa shape index (κ2) is 5.93. The lowest BCUT2D eigenvalue weighted by atomic mass is 10.1. The molecule has 2 heterocycles. The van der Waals surface area contributed by atoms with Gasteiger partial charge in [0.1, 0.15) is 5.52 Å². The van der Waals surface area contributed by atoms with Gasteiger partial charge in [-0.1, -0.05) is 24.3 Å². The van der Waals surface area contributed by atoms with Crippen molar-refractivity contribution in [1.82, 2.24) is 14.6 Å². The van der Waals surface area contributed by atoms with Gasteiger partial charge in [0, 0.05) is 26.0 Å². The van der Waals surface area contributed by atoms with E-state index in [4.69, 9.17) is 4.74 Å². The molecule has 0 aliphatic carbocycles. The van der Waals surface area contributed by atoms with Gasteiger partial charge in [0.25, 0.3) is 0 Å². The molecular formula is C16H18N4O. The van der Waals surface area contributed by atoms with Gasteiger partial charge in [-0.2, -0.15) is 5.10 Å². The number of methoxy groups -OCH3 is 1. The van der Waals surface area contributed by atoms with E-state index in [-0.39, 0.29) is 0 Å². The quantitative estimate of drug-likeness (QED) is 0.782. The zero-order valence-corrected chi connectivity index (χ0v) is 12.2. The summed E-state index contributed by atoms with van der Waals surface area (Å²) in [5, 5.41) is 7.75. The molecule has 3 rings (SSSR count). The van der Waals surface area contributed by atoms with Crippen LogP contribution in [0.5, 0.6) is 0 Å². The van der Waals surface area contributed by atoms with E-state index in [0.29, 0.717) is 6.61 Å². The van der Waals surface area contributed by atoms with Gasteiger partial charge in [0.15, 0.2) is 5.82 Å². The molecule has 0 aliphatic heterocycles. The van der Waals surface area contributed by atoms with Crippen LogP contribution in [0.4, 0.5) is 5.82 Å². The number of nitrogens with one attached hydrogen (secondary N) is 1. The number of fused-ring (bicyclic) bond motifs is 1. The van der Waals surface area contributed by atoms with Crippen LogP contribution in [0.15, 0.2) is 42.7 Å². The lowest BCUT2D eigenvalue weighted by Crippen LogP contribution is -2.03. The Labute approximate surface area is 123 Å². The van der Waals surface area contributed by atoms with Crippen molar-refractivity contribution in [3.63, 3.8) is 0 Å². The van der Waals surface area contributed by atoms with Crippen LogP contribution in [0.1, 0.15) is 16.8 Å². The number of ether oxygens (including phenoxy) is 1. The summed E-state index contributed by atoms with van der Waals surface area (Å²) in [5.41, 5.74) is 4.35. The minimum Gasteiger partial charge on any atom is -0.380 e. The maximum absolute atomic E-state index is 5.11. The van der Waals surface area contributed by atoms with Crippen molar-refractivity contribution in [2.45, 2.75) is 20.1 Å². The number of hydrogen-bond donors (Lipinski definition) is 1. The molecule has 0 fully saturated rings. The SMILES string of the molecule is COCc1ccc(CNc2nccn3nc(C)cc23)cc1. The summed E-state index contributed by atoms with van der Waals surface area (Å²) in [5.74, 6) is 0.846. The van der Waals surface area contributed by atoms with Crippen molar-refractivity contribution < 1.29 is 4.74 Å². The van der Waals surface area contributed by atoms with Crippen molar-refractivity contribution in [1.29, 1.82) is 0 Å². The van der Waals surface area contributed by atoms with Crippen molar-refractivity contribution in [3.8, 4) is 0 Å². The van der Waals surface area contributed by atoms with Gasteiger partial charge in [-0.15, -0.1) is 0 Å². The number of aromatic nitrogens is 3. The molecule has 0 bridgehead atoms. The predicted octanol–water partition coefficient (Wildman–Crippen LogP) is 2.80. The molecule has 1 aromatic carbocycles. The molecule has 5 heteroatoms. The van der Waals surface area contributed by atoms with Gasteiger partial charge >= 0.3 is 0 Å². The topological polar surface area (TPSA) is 51.5 Å². The molecule has 108 valence electrons. The van der Waals surface area contributed by atoms with Crippen LogP contribution in [-0.2, 0) is 17.9 Å². The molecule has 3 aromatic rings. The molecule has 0 aliphatic rings. The van der Waals surface area contributed by atoms with Crippen molar-refractivity contribution in [3.05, 3.63) is 59.5 Å². The molecule has 0 radical (unpaired) electrons. The highest BCUT2D eigenvalue weighted by atomic mass is 16.5. The first-order chi connectivity index (χ1) is 10.3. The molecule has 0 amide bonds. The van der Waals surface area contributed by atoms with Gasteiger partial charge in [-0.05, 0) is 24.1 Å². The molecule has 0 atom stereocenters. The number of rotatable bonds is 5. The Balaban J connectivity index is 1.74. The first-order valence-electron chi connectivity index (χ1n) is 6.88. The molecule has 1 N–H and O–H groups in total. The second-order valence-electron chi connectivity index (χ2n) is 4.99.